The normalized spacial score (nSPS) is 9.88. The Kier molecular flexibility index (Phi) is 5.45. The Morgan fingerprint density at radius 1 is 1.62 bits per heavy atom. The molecule has 0 heterocycles. The summed E-state index contributed by atoms with van der Waals surface area (Å²) in [5, 5.41) is 7.45. The fraction of sp³-hybridized carbons (Fsp3) is 0.500. The average molecular weight is 199 g/mol. The Bertz CT molecular complexity index is 90.5. The zero-order valence-electron chi connectivity index (χ0n) is 2.99. The predicted octanol–water partition coefficient (Wildman–Crippen LogP) is 0.410. The fourth-order valence-corrected chi connectivity index (χ4v) is 0. The van der Waals surface area contributed by atoms with Crippen LogP contribution >= 0.6 is 15.9 Å². The van der Waals surface area contributed by atoms with Crippen LogP contribution < -0.4 is 0 Å². The minimum atomic E-state index is -3.77. The first-order valence-electron chi connectivity index (χ1n) is 1.24. The van der Waals surface area contributed by atoms with Gasteiger partial charge in [-0.3, -0.25) is 0 Å². The van der Waals surface area contributed by atoms with Crippen LogP contribution in [0.1, 0.15) is 0 Å². The first-order chi connectivity index (χ1) is 2.94. The molecule has 0 fully saturated rings. The van der Waals surface area contributed by atoms with Gasteiger partial charge in [0.15, 0.2) is 0 Å². The summed E-state index contributed by atoms with van der Waals surface area (Å²) >= 11 is 1.61. The van der Waals surface area contributed by atoms with Gasteiger partial charge >= 0.3 is 40.4 Å². The minimum absolute atomic E-state index is 0. The van der Waals surface area contributed by atoms with Gasteiger partial charge in [0.05, 0.1) is 0 Å². The Morgan fingerprint density at radius 3 is 1.75 bits per heavy atom. The van der Waals surface area contributed by atoms with Crippen LogP contribution in [0.25, 0.3) is 0 Å². The topological polar surface area (TPSA) is 37.3 Å². The molecule has 0 amide bonds. The van der Waals surface area contributed by atoms with E-state index in [0.717, 1.165) is 0 Å². The molecule has 0 aliphatic carbocycles. The fourth-order valence-electron chi connectivity index (χ4n) is 0. The van der Waals surface area contributed by atoms with Gasteiger partial charge in [-0.05, 0) is 0 Å². The van der Waals surface area contributed by atoms with Crippen molar-refractivity contribution < 1.29 is 18.7 Å². The van der Waals surface area contributed by atoms with Crippen LogP contribution in [0.2, 0.25) is 0 Å². The second kappa shape index (κ2) is 3.76. The molecule has 6 heteroatoms. The molecule has 0 spiro atoms. The SMILES string of the molecule is O=C(O)C(F)(F)Br.[NaH]. The van der Waals surface area contributed by atoms with Crippen molar-refractivity contribution in [2.24, 2.45) is 0 Å². The number of carboxylic acids is 1. The van der Waals surface area contributed by atoms with Crippen LogP contribution in [0.3, 0.4) is 0 Å². The molecule has 44 valence electrons. The van der Waals surface area contributed by atoms with E-state index in [1.54, 1.807) is 15.9 Å². The second-order valence-electron chi connectivity index (χ2n) is 0.803. The van der Waals surface area contributed by atoms with Gasteiger partial charge < -0.3 is 5.11 Å². The van der Waals surface area contributed by atoms with Crippen LogP contribution in [0.4, 0.5) is 8.78 Å². The van der Waals surface area contributed by atoms with Crippen molar-refractivity contribution in [1.82, 2.24) is 0 Å². The van der Waals surface area contributed by atoms with E-state index in [1.165, 1.54) is 0 Å². The van der Waals surface area contributed by atoms with Gasteiger partial charge in [-0.1, -0.05) is 0 Å². The van der Waals surface area contributed by atoms with E-state index in [2.05, 4.69) is 0 Å². The van der Waals surface area contributed by atoms with E-state index in [0.29, 0.717) is 0 Å². The molecule has 1 N–H and O–H groups in total. The third kappa shape index (κ3) is 4.96. The van der Waals surface area contributed by atoms with Crippen molar-refractivity contribution >= 4 is 51.5 Å². The summed E-state index contributed by atoms with van der Waals surface area (Å²) in [6, 6.07) is 0. The van der Waals surface area contributed by atoms with Crippen molar-refractivity contribution in [2.75, 3.05) is 0 Å². The summed E-state index contributed by atoms with van der Waals surface area (Å²) in [7, 11) is 0. The molecule has 0 rings (SSSR count). The molecule has 0 aromatic heterocycles. The van der Waals surface area contributed by atoms with Crippen LogP contribution in [0.15, 0.2) is 0 Å². The number of aliphatic carboxylic acids is 1. The molecule has 0 saturated carbocycles. The summed E-state index contributed by atoms with van der Waals surface area (Å²) in [6.45, 7) is 0. The Labute approximate surface area is 74.7 Å². The van der Waals surface area contributed by atoms with Gasteiger partial charge in [-0.25, -0.2) is 4.79 Å². The molecular weight excluding hydrogens is 197 g/mol. The maximum absolute atomic E-state index is 11.2. The van der Waals surface area contributed by atoms with Gasteiger partial charge in [0.1, 0.15) is 0 Å². The van der Waals surface area contributed by atoms with Gasteiger partial charge in [-0.15, -0.1) is 0 Å². The van der Waals surface area contributed by atoms with Crippen molar-refractivity contribution in [3.8, 4) is 0 Å². The van der Waals surface area contributed by atoms with Gasteiger partial charge in [0.25, 0.3) is 0 Å². The van der Waals surface area contributed by atoms with Crippen molar-refractivity contribution in [3.63, 3.8) is 0 Å². The zero-order valence-corrected chi connectivity index (χ0v) is 4.58. The third-order valence-corrected chi connectivity index (χ3v) is 0.582. The summed E-state index contributed by atoms with van der Waals surface area (Å²) in [6.07, 6.45) is 0. The molecule has 0 unspecified atom stereocenters. The molecule has 0 aromatic carbocycles. The molecular formula is C2H2BrF2NaO2. The number of carboxylic acid groups (broad SMARTS) is 1. The number of rotatable bonds is 1. The van der Waals surface area contributed by atoms with Gasteiger partial charge in [-0.2, -0.15) is 8.78 Å². The number of hydrogen-bond donors (Lipinski definition) is 1. The van der Waals surface area contributed by atoms with E-state index < -0.39 is 10.8 Å². The molecule has 0 radical (unpaired) electrons. The molecule has 0 aromatic rings. The van der Waals surface area contributed by atoms with E-state index in [9.17, 15) is 13.6 Å². The predicted molar refractivity (Wildman–Crippen MR) is 28.7 cm³/mol. The molecule has 0 aliphatic rings. The van der Waals surface area contributed by atoms with E-state index >= 15 is 0 Å². The van der Waals surface area contributed by atoms with E-state index in [4.69, 9.17) is 5.11 Å². The number of alkyl halides is 3. The summed E-state index contributed by atoms with van der Waals surface area (Å²) in [5.74, 6) is -2.17. The van der Waals surface area contributed by atoms with Crippen LogP contribution in [-0.4, -0.2) is 45.5 Å². The molecule has 2 nitrogen and oxygen atoms in total. The average Bonchev–Trinajstić information content (AvgIpc) is 1.31. The van der Waals surface area contributed by atoms with Gasteiger partial charge in [0, 0.05) is 15.9 Å². The maximum atomic E-state index is 11.2. The molecule has 0 bridgehead atoms. The molecule has 8 heavy (non-hydrogen) atoms. The Hall–Kier alpha value is 0.810. The third-order valence-electron chi connectivity index (χ3n) is 0.243. The second-order valence-corrected chi connectivity index (χ2v) is 1.80. The first-order valence-corrected chi connectivity index (χ1v) is 2.04. The van der Waals surface area contributed by atoms with E-state index in [-0.39, 0.29) is 29.6 Å². The summed E-state index contributed by atoms with van der Waals surface area (Å²) in [4.78, 5) is 5.45. The molecule has 0 saturated heterocycles. The monoisotopic (exact) mass is 198 g/mol. The quantitative estimate of drug-likeness (QED) is 0.490. The van der Waals surface area contributed by atoms with Crippen molar-refractivity contribution in [2.45, 2.75) is 4.83 Å². The van der Waals surface area contributed by atoms with Crippen molar-refractivity contribution in [3.05, 3.63) is 0 Å². The van der Waals surface area contributed by atoms with Crippen LogP contribution in [0.5, 0.6) is 0 Å². The Balaban J connectivity index is 0. The van der Waals surface area contributed by atoms with Crippen LogP contribution in [-0.2, 0) is 4.79 Å². The summed E-state index contributed by atoms with van der Waals surface area (Å²) in [5.41, 5.74) is 0. The summed E-state index contributed by atoms with van der Waals surface area (Å²) < 4.78 is 22.3. The number of hydrogen-bond acceptors (Lipinski definition) is 1. The number of halogens is 3. The van der Waals surface area contributed by atoms with E-state index in [1.807, 2.05) is 0 Å². The molecule has 0 aliphatic heterocycles. The standard InChI is InChI=1S/C2HBrF2O2.Na.H/c3-2(4,5)1(6)7;;/h(H,6,7);;. The molecule has 0 atom stereocenters. The zero-order chi connectivity index (χ0) is 6.08. The number of carbonyl (C=O) groups is 1. The Morgan fingerprint density at radius 2 is 1.75 bits per heavy atom. The first kappa shape index (κ1) is 11.6. The van der Waals surface area contributed by atoms with Gasteiger partial charge in [0.2, 0.25) is 0 Å². The van der Waals surface area contributed by atoms with Crippen LogP contribution in [0, 0.1) is 0 Å². The van der Waals surface area contributed by atoms with Crippen molar-refractivity contribution in [1.29, 1.82) is 0 Å².